The molecular formula is C21H21NO5. The van der Waals surface area contributed by atoms with Crippen LogP contribution in [0.1, 0.15) is 72.1 Å². The average molecular weight is 367 g/mol. The fourth-order valence-corrected chi connectivity index (χ4v) is 4.99. The van der Waals surface area contributed by atoms with Crippen molar-refractivity contribution in [2.45, 2.75) is 63.5 Å². The van der Waals surface area contributed by atoms with E-state index in [2.05, 4.69) is 0 Å². The maximum Gasteiger partial charge on any atom is 0.262 e. The highest BCUT2D eigenvalue weighted by Crippen LogP contribution is 2.56. The van der Waals surface area contributed by atoms with E-state index in [0.29, 0.717) is 22.3 Å². The predicted molar refractivity (Wildman–Crippen MR) is 94.5 cm³/mol. The summed E-state index contributed by atoms with van der Waals surface area (Å²) in [6.07, 6.45) is 6.44. The first-order valence-electron chi connectivity index (χ1n) is 9.69. The molecule has 0 bridgehead atoms. The molecule has 1 unspecified atom stereocenters. The molecule has 1 atom stereocenters. The van der Waals surface area contributed by atoms with E-state index in [-0.39, 0.29) is 36.9 Å². The lowest BCUT2D eigenvalue weighted by Crippen LogP contribution is -2.48. The zero-order chi connectivity index (χ0) is 18.8. The van der Waals surface area contributed by atoms with E-state index < -0.39 is 17.9 Å². The summed E-state index contributed by atoms with van der Waals surface area (Å²) < 4.78 is 6.01. The van der Waals surface area contributed by atoms with Crippen molar-refractivity contribution >= 4 is 23.4 Å². The van der Waals surface area contributed by atoms with E-state index in [1.54, 1.807) is 18.2 Å². The van der Waals surface area contributed by atoms with E-state index in [1.165, 1.54) is 19.3 Å². The monoisotopic (exact) mass is 367 g/mol. The number of carbonyl (C=O) groups excluding carboxylic acids is 4. The molecule has 0 radical (unpaired) electrons. The Bertz CT molecular complexity index is 877. The molecule has 4 aliphatic rings. The predicted octanol–water partition coefficient (Wildman–Crippen LogP) is 2.68. The van der Waals surface area contributed by atoms with Crippen LogP contribution in [0.25, 0.3) is 0 Å². The van der Waals surface area contributed by atoms with Gasteiger partial charge in [0.25, 0.3) is 11.8 Å². The number of fused-ring (bicyclic) bond motifs is 1. The van der Waals surface area contributed by atoms with Crippen LogP contribution in [-0.4, -0.2) is 40.4 Å². The van der Waals surface area contributed by atoms with Crippen molar-refractivity contribution in [3.63, 3.8) is 0 Å². The molecule has 0 aromatic heterocycles. The van der Waals surface area contributed by atoms with Crippen LogP contribution in [0.2, 0.25) is 0 Å². The first-order chi connectivity index (χ1) is 13.0. The molecule has 0 saturated heterocycles. The number of benzene rings is 1. The number of hydrogen-bond acceptors (Lipinski definition) is 5. The van der Waals surface area contributed by atoms with Gasteiger partial charge in [-0.3, -0.25) is 24.1 Å². The molecular weight excluding hydrogens is 346 g/mol. The van der Waals surface area contributed by atoms with E-state index in [0.717, 1.165) is 17.7 Å². The molecule has 1 heterocycles. The van der Waals surface area contributed by atoms with Gasteiger partial charge in [-0.25, -0.2) is 0 Å². The van der Waals surface area contributed by atoms with Crippen LogP contribution in [0.5, 0.6) is 5.75 Å². The van der Waals surface area contributed by atoms with Crippen LogP contribution in [0, 0.1) is 5.41 Å². The van der Waals surface area contributed by atoms with Gasteiger partial charge in [-0.15, -0.1) is 0 Å². The topological polar surface area (TPSA) is 80.8 Å². The Morgan fingerprint density at radius 2 is 1.74 bits per heavy atom. The molecule has 2 amide bonds. The molecule has 6 nitrogen and oxygen atoms in total. The molecule has 3 saturated carbocycles. The highest BCUT2D eigenvalue weighted by atomic mass is 16.5. The molecule has 0 N–H and O–H groups in total. The van der Waals surface area contributed by atoms with Crippen molar-refractivity contribution in [3.8, 4) is 5.75 Å². The lowest BCUT2D eigenvalue weighted by atomic mass is 9.55. The Kier molecular flexibility index (Phi) is 3.55. The Morgan fingerprint density at radius 3 is 2.41 bits per heavy atom. The number of rotatable bonds is 3. The Hall–Kier alpha value is -2.50. The molecule has 5 rings (SSSR count). The minimum atomic E-state index is -0.829. The second kappa shape index (κ2) is 5.75. The number of nitrogens with zero attached hydrogens (tertiary/aromatic N) is 1. The van der Waals surface area contributed by atoms with Crippen LogP contribution < -0.4 is 4.74 Å². The van der Waals surface area contributed by atoms with Crippen molar-refractivity contribution in [1.29, 1.82) is 0 Å². The molecule has 27 heavy (non-hydrogen) atoms. The number of ether oxygens (including phenoxy) is 1. The van der Waals surface area contributed by atoms with E-state index >= 15 is 0 Å². The molecule has 1 aliphatic heterocycles. The molecule has 1 aromatic carbocycles. The smallest absolute Gasteiger partial charge is 0.262 e. The van der Waals surface area contributed by atoms with E-state index in [1.807, 2.05) is 0 Å². The van der Waals surface area contributed by atoms with E-state index in [4.69, 9.17) is 4.74 Å². The minimum Gasteiger partial charge on any atom is -0.490 e. The fourth-order valence-electron chi connectivity index (χ4n) is 4.99. The number of imide groups is 1. The summed E-state index contributed by atoms with van der Waals surface area (Å²) in [4.78, 5) is 50.2. The van der Waals surface area contributed by atoms with Crippen molar-refractivity contribution < 1.29 is 23.9 Å². The zero-order valence-electron chi connectivity index (χ0n) is 15.0. The highest BCUT2D eigenvalue weighted by molar-refractivity contribution is 6.23. The SMILES string of the molecule is O=C1CCC(N2C(=O)c3ccc(OC4CC5(CCC5)C4)cc3C2=O)C(=O)C1. The maximum atomic E-state index is 12.8. The number of ketones is 2. The van der Waals surface area contributed by atoms with Gasteiger partial charge in [0.05, 0.1) is 29.7 Å². The van der Waals surface area contributed by atoms with Crippen LogP contribution in [0.4, 0.5) is 0 Å². The van der Waals surface area contributed by atoms with Crippen molar-refractivity contribution in [1.82, 2.24) is 4.90 Å². The molecule has 1 aromatic rings. The number of carbonyl (C=O) groups is 4. The minimum absolute atomic E-state index is 0.131. The molecule has 3 aliphatic carbocycles. The molecule has 140 valence electrons. The van der Waals surface area contributed by atoms with Gasteiger partial charge in [0.2, 0.25) is 0 Å². The third-order valence-corrected chi connectivity index (χ3v) is 6.68. The Labute approximate surface area is 156 Å². The quantitative estimate of drug-likeness (QED) is 0.606. The lowest BCUT2D eigenvalue weighted by Gasteiger charge is -2.53. The maximum absolute atomic E-state index is 12.8. The second-order valence-corrected chi connectivity index (χ2v) is 8.43. The first-order valence-corrected chi connectivity index (χ1v) is 9.69. The molecule has 6 heteroatoms. The largest absolute Gasteiger partial charge is 0.490 e. The van der Waals surface area contributed by atoms with Crippen LogP contribution in [0.3, 0.4) is 0 Å². The number of Topliss-reactive ketones (excluding diaryl/α,β-unsaturated/α-hetero) is 2. The van der Waals surface area contributed by atoms with Crippen molar-refractivity contribution in [3.05, 3.63) is 29.3 Å². The van der Waals surface area contributed by atoms with Crippen molar-refractivity contribution in [2.75, 3.05) is 0 Å². The zero-order valence-corrected chi connectivity index (χ0v) is 15.0. The average Bonchev–Trinajstić information content (AvgIpc) is 2.80. The van der Waals surface area contributed by atoms with Crippen LogP contribution >= 0.6 is 0 Å². The number of hydrogen-bond donors (Lipinski definition) is 0. The van der Waals surface area contributed by atoms with Gasteiger partial charge < -0.3 is 4.74 Å². The van der Waals surface area contributed by atoms with E-state index in [9.17, 15) is 19.2 Å². The van der Waals surface area contributed by atoms with Gasteiger partial charge in [-0.1, -0.05) is 6.42 Å². The highest BCUT2D eigenvalue weighted by Gasteiger charge is 2.49. The summed E-state index contributed by atoms with van der Waals surface area (Å²) in [5.74, 6) is -0.796. The molecule has 1 spiro atoms. The van der Waals surface area contributed by atoms with Gasteiger partial charge in [0.1, 0.15) is 11.5 Å². The summed E-state index contributed by atoms with van der Waals surface area (Å²) in [6.45, 7) is 0. The fraction of sp³-hybridized carbons (Fsp3) is 0.524. The summed E-state index contributed by atoms with van der Waals surface area (Å²) in [7, 11) is 0. The summed E-state index contributed by atoms with van der Waals surface area (Å²) in [6, 6.07) is 4.14. The summed E-state index contributed by atoms with van der Waals surface area (Å²) in [5.41, 5.74) is 1.10. The van der Waals surface area contributed by atoms with Gasteiger partial charge in [0.15, 0.2) is 5.78 Å². The van der Waals surface area contributed by atoms with Gasteiger partial charge >= 0.3 is 0 Å². The Morgan fingerprint density at radius 1 is 1.00 bits per heavy atom. The van der Waals surface area contributed by atoms with Crippen LogP contribution in [-0.2, 0) is 9.59 Å². The number of amides is 2. The Balaban J connectivity index is 1.33. The van der Waals surface area contributed by atoms with Crippen LogP contribution in [0.15, 0.2) is 18.2 Å². The van der Waals surface area contributed by atoms with Gasteiger partial charge in [-0.2, -0.15) is 0 Å². The second-order valence-electron chi connectivity index (χ2n) is 8.43. The molecule has 3 fully saturated rings. The third-order valence-electron chi connectivity index (χ3n) is 6.68. The lowest BCUT2D eigenvalue weighted by molar-refractivity contribution is -0.132. The van der Waals surface area contributed by atoms with Gasteiger partial charge in [0, 0.05) is 6.42 Å². The standard InChI is InChI=1S/C21H21NO5/c23-12-2-5-17(18(24)8-12)22-19(25)15-4-3-13(9-16(15)20(22)26)27-14-10-21(11-14)6-1-7-21/h3-4,9,14,17H,1-2,5-8,10-11H2. The third kappa shape index (κ3) is 2.53. The van der Waals surface area contributed by atoms with Crippen molar-refractivity contribution in [2.24, 2.45) is 5.41 Å². The first kappa shape index (κ1) is 16.7. The normalized spacial score (nSPS) is 26.8. The van der Waals surface area contributed by atoms with Gasteiger partial charge in [-0.05, 0) is 55.7 Å². The summed E-state index contributed by atoms with van der Waals surface area (Å²) in [5, 5.41) is 0. The summed E-state index contributed by atoms with van der Waals surface area (Å²) >= 11 is 0.